The third-order valence-corrected chi connectivity index (χ3v) is 5.23. The van der Waals surface area contributed by atoms with E-state index >= 15 is 0 Å². The first-order valence-corrected chi connectivity index (χ1v) is 9.35. The number of urea groups is 1. The van der Waals surface area contributed by atoms with Crippen LogP contribution in [0.5, 0.6) is 11.5 Å². The van der Waals surface area contributed by atoms with Crippen molar-refractivity contribution in [2.45, 2.75) is 25.4 Å². The van der Waals surface area contributed by atoms with Gasteiger partial charge in [0.05, 0.1) is 24.8 Å². The number of hydrogen-bond acceptors (Lipinski definition) is 4. The maximum absolute atomic E-state index is 14.3. The second kappa shape index (κ2) is 7.18. The number of nitrogens with zero attached hydrogens (tertiary/aromatic N) is 1. The van der Waals surface area contributed by atoms with Crippen molar-refractivity contribution in [3.63, 3.8) is 0 Å². The maximum Gasteiger partial charge on any atom is 0.325 e. The van der Waals surface area contributed by atoms with E-state index in [9.17, 15) is 18.4 Å². The lowest BCUT2D eigenvalue weighted by atomic mass is 9.91. The van der Waals surface area contributed by atoms with Crippen LogP contribution in [0.2, 0.25) is 5.02 Å². The van der Waals surface area contributed by atoms with Gasteiger partial charge in [0.25, 0.3) is 5.91 Å². The van der Waals surface area contributed by atoms with Gasteiger partial charge in [0.15, 0.2) is 11.5 Å². The average molecular weight is 423 g/mol. The highest BCUT2D eigenvalue weighted by Crippen LogP contribution is 2.39. The molecule has 0 radical (unpaired) electrons. The fourth-order valence-electron chi connectivity index (χ4n) is 3.46. The number of ether oxygens (including phenoxy) is 2. The molecule has 2 aliphatic rings. The minimum atomic E-state index is -1.72. The molecule has 2 heterocycles. The van der Waals surface area contributed by atoms with Gasteiger partial charge in [0, 0.05) is 12.0 Å². The number of benzene rings is 2. The lowest BCUT2D eigenvalue weighted by Crippen LogP contribution is -2.41. The zero-order chi connectivity index (χ0) is 20.8. The molecule has 0 spiro atoms. The van der Waals surface area contributed by atoms with Crippen molar-refractivity contribution in [1.29, 1.82) is 0 Å². The predicted octanol–water partition coefficient (Wildman–Crippen LogP) is 3.75. The van der Waals surface area contributed by atoms with Gasteiger partial charge in [0.2, 0.25) is 0 Å². The van der Waals surface area contributed by atoms with Crippen LogP contribution in [-0.2, 0) is 16.9 Å². The molecule has 1 atom stereocenters. The molecule has 29 heavy (non-hydrogen) atoms. The predicted molar refractivity (Wildman–Crippen MR) is 99.9 cm³/mol. The normalized spacial score (nSPS) is 21.2. The largest absolute Gasteiger partial charge is 0.489 e. The Balaban J connectivity index is 1.64. The number of nitrogens with one attached hydrogen (secondary N) is 1. The number of imide groups is 1. The molecule has 3 amide bonds. The fourth-order valence-corrected chi connectivity index (χ4v) is 3.75. The Bertz CT molecular complexity index is 1020. The van der Waals surface area contributed by atoms with Crippen molar-refractivity contribution >= 4 is 23.5 Å². The summed E-state index contributed by atoms with van der Waals surface area (Å²) in [5, 5.41) is 2.76. The van der Waals surface area contributed by atoms with Gasteiger partial charge in [-0.25, -0.2) is 13.6 Å². The molecule has 4 rings (SSSR count). The molecular weight excluding hydrogens is 406 g/mol. The molecule has 2 aromatic carbocycles. The molecule has 6 nitrogen and oxygen atoms in total. The number of amides is 3. The van der Waals surface area contributed by atoms with E-state index in [4.69, 9.17) is 21.1 Å². The number of rotatable bonds is 3. The SMILES string of the molecule is C[C@]1(c2cc(F)ccc2F)NC(=O)N(Cc2cc(Cl)c3c(c2)OCCCO3)C1=O. The zero-order valence-electron chi connectivity index (χ0n) is 15.4. The van der Waals surface area contributed by atoms with E-state index in [1.807, 2.05) is 0 Å². The molecule has 1 fully saturated rings. The minimum Gasteiger partial charge on any atom is -0.489 e. The van der Waals surface area contributed by atoms with Crippen molar-refractivity contribution < 1.29 is 27.8 Å². The summed E-state index contributed by atoms with van der Waals surface area (Å²) in [6, 6.07) is 5.27. The summed E-state index contributed by atoms with van der Waals surface area (Å²) in [6.07, 6.45) is 0.699. The number of fused-ring (bicyclic) bond motifs is 1. The Morgan fingerprint density at radius 1 is 1.17 bits per heavy atom. The summed E-state index contributed by atoms with van der Waals surface area (Å²) in [5.41, 5.74) is -1.43. The molecule has 152 valence electrons. The van der Waals surface area contributed by atoms with Crippen LogP contribution in [0.4, 0.5) is 13.6 Å². The van der Waals surface area contributed by atoms with Gasteiger partial charge in [-0.15, -0.1) is 0 Å². The number of hydrogen-bond donors (Lipinski definition) is 1. The van der Waals surface area contributed by atoms with E-state index in [-0.39, 0.29) is 12.1 Å². The minimum absolute atomic E-state index is 0.118. The van der Waals surface area contributed by atoms with Crippen LogP contribution in [0.3, 0.4) is 0 Å². The first kappa shape index (κ1) is 19.4. The van der Waals surface area contributed by atoms with Gasteiger partial charge in [-0.05, 0) is 42.8 Å². The number of carbonyl (C=O) groups excluding carboxylic acids is 2. The van der Waals surface area contributed by atoms with Crippen LogP contribution in [0.25, 0.3) is 0 Å². The molecule has 1 N–H and O–H groups in total. The van der Waals surface area contributed by atoms with Crippen LogP contribution >= 0.6 is 11.6 Å². The standard InChI is InChI=1S/C20H17ClF2N2O4/c1-20(13-9-12(22)3-4-15(13)23)18(26)25(19(27)24-20)10-11-7-14(21)17-16(8-11)28-5-2-6-29-17/h3-4,7-9H,2,5-6,10H2,1H3,(H,24,27)/t20-/m1/s1. The van der Waals surface area contributed by atoms with Crippen LogP contribution in [-0.4, -0.2) is 30.1 Å². The van der Waals surface area contributed by atoms with Crippen molar-refractivity contribution in [2.75, 3.05) is 13.2 Å². The van der Waals surface area contributed by atoms with Crippen molar-refractivity contribution in [3.05, 3.63) is 58.1 Å². The second-order valence-electron chi connectivity index (χ2n) is 7.03. The summed E-state index contributed by atoms with van der Waals surface area (Å²) in [6.45, 7) is 2.14. The Morgan fingerprint density at radius 3 is 2.72 bits per heavy atom. The van der Waals surface area contributed by atoms with Gasteiger partial charge in [0.1, 0.15) is 17.2 Å². The number of carbonyl (C=O) groups is 2. The lowest BCUT2D eigenvalue weighted by molar-refractivity contribution is -0.131. The monoisotopic (exact) mass is 422 g/mol. The van der Waals surface area contributed by atoms with Gasteiger partial charge < -0.3 is 14.8 Å². The summed E-state index contributed by atoms with van der Waals surface area (Å²) in [7, 11) is 0. The van der Waals surface area contributed by atoms with Crippen LogP contribution < -0.4 is 14.8 Å². The van der Waals surface area contributed by atoms with E-state index in [2.05, 4.69) is 5.32 Å². The van der Waals surface area contributed by atoms with E-state index in [1.165, 1.54) is 6.92 Å². The summed E-state index contributed by atoms with van der Waals surface area (Å²) in [5.74, 6) is -1.36. The van der Waals surface area contributed by atoms with E-state index in [1.54, 1.807) is 12.1 Å². The topological polar surface area (TPSA) is 67.9 Å². The summed E-state index contributed by atoms with van der Waals surface area (Å²) < 4.78 is 39.1. The summed E-state index contributed by atoms with van der Waals surface area (Å²) in [4.78, 5) is 26.4. The molecule has 2 aromatic rings. The van der Waals surface area contributed by atoms with E-state index in [0.717, 1.165) is 23.1 Å². The highest BCUT2D eigenvalue weighted by atomic mass is 35.5. The first-order chi connectivity index (χ1) is 13.8. The van der Waals surface area contributed by atoms with Crippen LogP contribution in [0.15, 0.2) is 30.3 Å². The molecule has 1 saturated heterocycles. The third-order valence-electron chi connectivity index (χ3n) is 4.94. The molecular formula is C20H17ClF2N2O4. The van der Waals surface area contributed by atoms with Crippen molar-refractivity contribution in [1.82, 2.24) is 10.2 Å². The van der Waals surface area contributed by atoms with Gasteiger partial charge in [-0.3, -0.25) is 9.69 Å². The Labute approximate surface area is 170 Å². The molecule has 0 aliphatic carbocycles. The van der Waals surface area contributed by atoms with Crippen LogP contribution in [0, 0.1) is 11.6 Å². The average Bonchev–Trinajstić information content (AvgIpc) is 2.85. The highest BCUT2D eigenvalue weighted by molar-refractivity contribution is 6.32. The summed E-state index contributed by atoms with van der Waals surface area (Å²) >= 11 is 6.27. The first-order valence-electron chi connectivity index (χ1n) is 8.97. The third kappa shape index (κ3) is 3.37. The van der Waals surface area contributed by atoms with Gasteiger partial charge in [-0.1, -0.05) is 11.6 Å². The van der Waals surface area contributed by atoms with E-state index < -0.39 is 29.1 Å². The quantitative estimate of drug-likeness (QED) is 0.765. The molecule has 9 heteroatoms. The molecule has 0 aromatic heterocycles. The van der Waals surface area contributed by atoms with Crippen molar-refractivity contribution in [3.8, 4) is 11.5 Å². The number of halogens is 3. The van der Waals surface area contributed by atoms with Gasteiger partial charge in [-0.2, -0.15) is 0 Å². The Hall–Kier alpha value is -2.87. The van der Waals surface area contributed by atoms with Crippen LogP contribution in [0.1, 0.15) is 24.5 Å². The lowest BCUT2D eigenvalue weighted by Gasteiger charge is -2.23. The molecule has 2 aliphatic heterocycles. The molecule has 0 saturated carbocycles. The molecule has 0 unspecified atom stereocenters. The van der Waals surface area contributed by atoms with Crippen molar-refractivity contribution in [2.24, 2.45) is 0 Å². The fraction of sp³-hybridized carbons (Fsp3) is 0.300. The Morgan fingerprint density at radius 2 is 1.93 bits per heavy atom. The van der Waals surface area contributed by atoms with Gasteiger partial charge >= 0.3 is 6.03 Å². The Kier molecular flexibility index (Phi) is 4.82. The maximum atomic E-state index is 14.3. The zero-order valence-corrected chi connectivity index (χ0v) is 16.2. The smallest absolute Gasteiger partial charge is 0.325 e. The highest BCUT2D eigenvalue weighted by Gasteiger charge is 2.50. The van der Waals surface area contributed by atoms with E-state index in [0.29, 0.717) is 41.7 Å². The second-order valence-corrected chi connectivity index (χ2v) is 7.43. The molecule has 0 bridgehead atoms.